The van der Waals surface area contributed by atoms with Crippen molar-refractivity contribution in [3.63, 3.8) is 0 Å². The Bertz CT molecular complexity index is 388. The van der Waals surface area contributed by atoms with E-state index >= 15 is 0 Å². The van der Waals surface area contributed by atoms with Crippen LogP contribution in [-0.2, 0) is 0 Å². The Kier molecular flexibility index (Phi) is 5.00. The fraction of sp³-hybridized carbons (Fsp3) is 0.500. The van der Waals surface area contributed by atoms with Crippen LogP contribution in [0.3, 0.4) is 0 Å². The fourth-order valence-corrected chi connectivity index (χ4v) is 2.04. The minimum absolute atomic E-state index is 0.668. The Morgan fingerprint density at radius 2 is 2.06 bits per heavy atom. The number of hydrogen-bond donors (Lipinski definition) is 1. The molecule has 0 atom stereocenters. The van der Waals surface area contributed by atoms with Crippen molar-refractivity contribution >= 4 is 0 Å². The molecule has 18 heavy (non-hydrogen) atoms. The van der Waals surface area contributed by atoms with Crippen LogP contribution < -0.4 is 10.1 Å². The summed E-state index contributed by atoms with van der Waals surface area (Å²) in [7, 11) is 0. The molecule has 1 saturated heterocycles. The van der Waals surface area contributed by atoms with Gasteiger partial charge >= 0.3 is 0 Å². The number of rotatable bonds is 4. The first-order valence-electron chi connectivity index (χ1n) is 6.44. The average molecular weight is 245 g/mol. The van der Waals surface area contributed by atoms with E-state index in [0.717, 1.165) is 38.5 Å². The lowest BCUT2D eigenvalue weighted by Crippen LogP contribution is -2.31. The molecule has 0 aromatic heterocycles. The highest BCUT2D eigenvalue weighted by Gasteiger charge is 2.07. The minimum atomic E-state index is 0.668. The zero-order chi connectivity index (χ0) is 12.6. The molecule has 1 aromatic rings. The van der Waals surface area contributed by atoms with Gasteiger partial charge in [-0.2, -0.15) is 5.26 Å². The number of nitriles is 1. The first-order chi connectivity index (χ1) is 8.88. The van der Waals surface area contributed by atoms with E-state index in [-0.39, 0.29) is 0 Å². The van der Waals surface area contributed by atoms with Gasteiger partial charge in [0.05, 0.1) is 11.6 Å². The average Bonchev–Trinajstić information content (AvgIpc) is 2.68. The van der Waals surface area contributed by atoms with Crippen LogP contribution in [0.1, 0.15) is 12.0 Å². The third-order valence-corrected chi connectivity index (χ3v) is 3.09. The summed E-state index contributed by atoms with van der Waals surface area (Å²) in [6, 6.07) is 9.36. The zero-order valence-corrected chi connectivity index (χ0v) is 10.6. The van der Waals surface area contributed by atoms with Crippen LogP contribution in [0.15, 0.2) is 24.3 Å². The van der Waals surface area contributed by atoms with Crippen LogP contribution in [0.2, 0.25) is 0 Å². The normalized spacial score (nSPS) is 16.8. The maximum absolute atomic E-state index is 8.70. The van der Waals surface area contributed by atoms with Crippen LogP contribution >= 0.6 is 0 Å². The van der Waals surface area contributed by atoms with E-state index in [2.05, 4.69) is 16.3 Å². The molecule has 4 nitrogen and oxygen atoms in total. The van der Waals surface area contributed by atoms with Gasteiger partial charge in [0.2, 0.25) is 0 Å². The Labute approximate surface area is 108 Å². The Balaban J connectivity index is 1.72. The molecule has 0 radical (unpaired) electrons. The molecule has 96 valence electrons. The molecule has 1 heterocycles. The summed E-state index contributed by atoms with van der Waals surface area (Å²) in [6.45, 7) is 6.08. The third kappa shape index (κ3) is 4.02. The number of hydrogen-bond acceptors (Lipinski definition) is 4. The minimum Gasteiger partial charge on any atom is -0.492 e. The molecule has 1 aromatic carbocycles. The second kappa shape index (κ2) is 7.00. The smallest absolute Gasteiger partial charge is 0.119 e. The molecule has 0 saturated carbocycles. The topological polar surface area (TPSA) is 48.3 Å². The molecule has 0 bridgehead atoms. The molecule has 1 fully saturated rings. The van der Waals surface area contributed by atoms with Gasteiger partial charge in [0, 0.05) is 19.6 Å². The Morgan fingerprint density at radius 1 is 1.22 bits per heavy atom. The van der Waals surface area contributed by atoms with Crippen LogP contribution in [-0.4, -0.2) is 44.2 Å². The summed E-state index contributed by atoms with van der Waals surface area (Å²) in [5.41, 5.74) is 0.668. The van der Waals surface area contributed by atoms with Gasteiger partial charge < -0.3 is 10.1 Å². The third-order valence-electron chi connectivity index (χ3n) is 3.09. The zero-order valence-electron chi connectivity index (χ0n) is 10.6. The van der Waals surface area contributed by atoms with E-state index in [1.54, 1.807) is 12.1 Å². The van der Waals surface area contributed by atoms with E-state index in [1.807, 2.05) is 12.1 Å². The summed E-state index contributed by atoms with van der Waals surface area (Å²) in [5.74, 6) is 0.835. The summed E-state index contributed by atoms with van der Waals surface area (Å²) < 4.78 is 5.68. The monoisotopic (exact) mass is 245 g/mol. The molecule has 0 amide bonds. The van der Waals surface area contributed by atoms with Crippen molar-refractivity contribution in [2.24, 2.45) is 0 Å². The second-order valence-corrected chi connectivity index (χ2v) is 4.43. The molecular formula is C14H19N3O. The summed E-state index contributed by atoms with van der Waals surface area (Å²) in [6.07, 6.45) is 1.21. The molecule has 1 N–H and O–H groups in total. The van der Waals surface area contributed by atoms with E-state index in [1.165, 1.54) is 6.42 Å². The lowest BCUT2D eigenvalue weighted by Gasteiger charge is -2.19. The standard InChI is InChI=1S/C14H19N3O/c15-12-13-2-4-14(5-3-13)18-11-10-17-8-1-6-16-7-9-17/h2-5,16H,1,6-11H2. The second-order valence-electron chi connectivity index (χ2n) is 4.43. The highest BCUT2D eigenvalue weighted by molar-refractivity contribution is 5.34. The molecule has 0 aliphatic carbocycles. The van der Waals surface area contributed by atoms with Gasteiger partial charge in [-0.25, -0.2) is 0 Å². The van der Waals surface area contributed by atoms with Gasteiger partial charge in [-0.05, 0) is 43.8 Å². The number of benzene rings is 1. The van der Waals surface area contributed by atoms with Crippen LogP contribution in [0.4, 0.5) is 0 Å². The summed E-state index contributed by atoms with van der Waals surface area (Å²) >= 11 is 0. The quantitative estimate of drug-likeness (QED) is 0.867. The van der Waals surface area contributed by atoms with Gasteiger partial charge in [-0.3, -0.25) is 4.90 Å². The first kappa shape index (κ1) is 12.9. The summed E-state index contributed by atoms with van der Waals surface area (Å²) in [5, 5.41) is 12.1. The molecule has 0 spiro atoms. The number of ether oxygens (including phenoxy) is 1. The van der Waals surface area contributed by atoms with Crippen molar-refractivity contribution in [2.75, 3.05) is 39.3 Å². The van der Waals surface area contributed by atoms with Crippen molar-refractivity contribution in [3.05, 3.63) is 29.8 Å². The summed E-state index contributed by atoms with van der Waals surface area (Å²) in [4.78, 5) is 2.42. The van der Waals surface area contributed by atoms with Crippen molar-refractivity contribution < 1.29 is 4.74 Å². The molecule has 1 aliphatic rings. The predicted octanol–water partition coefficient (Wildman–Crippen LogP) is 1.23. The lowest BCUT2D eigenvalue weighted by molar-refractivity contribution is 0.217. The van der Waals surface area contributed by atoms with Crippen molar-refractivity contribution in [2.45, 2.75) is 6.42 Å². The highest BCUT2D eigenvalue weighted by atomic mass is 16.5. The van der Waals surface area contributed by atoms with E-state index in [0.29, 0.717) is 12.2 Å². The van der Waals surface area contributed by atoms with Crippen molar-refractivity contribution in [1.29, 1.82) is 5.26 Å². The maximum atomic E-state index is 8.70. The van der Waals surface area contributed by atoms with Gasteiger partial charge in [0.15, 0.2) is 0 Å². The lowest BCUT2D eigenvalue weighted by atomic mass is 10.2. The van der Waals surface area contributed by atoms with E-state index < -0.39 is 0 Å². The number of nitrogens with one attached hydrogen (secondary N) is 1. The fourth-order valence-electron chi connectivity index (χ4n) is 2.04. The van der Waals surface area contributed by atoms with Gasteiger partial charge in [0.1, 0.15) is 12.4 Å². The van der Waals surface area contributed by atoms with Gasteiger partial charge in [-0.1, -0.05) is 0 Å². The maximum Gasteiger partial charge on any atom is 0.119 e. The number of nitrogens with zero attached hydrogens (tertiary/aromatic N) is 2. The molecule has 2 rings (SSSR count). The molecule has 4 heteroatoms. The Morgan fingerprint density at radius 3 is 2.83 bits per heavy atom. The van der Waals surface area contributed by atoms with Gasteiger partial charge in [-0.15, -0.1) is 0 Å². The largest absolute Gasteiger partial charge is 0.492 e. The van der Waals surface area contributed by atoms with Crippen molar-refractivity contribution in [1.82, 2.24) is 10.2 Å². The van der Waals surface area contributed by atoms with Gasteiger partial charge in [0.25, 0.3) is 0 Å². The molecule has 0 unspecified atom stereocenters. The molecule has 1 aliphatic heterocycles. The predicted molar refractivity (Wildman–Crippen MR) is 70.6 cm³/mol. The SMILES string of the molecule is N#Cc1ccc(OCCN2CCCNCC2)cc1. The van der Waals surface area contributed by atoms with Crippen LogP contribution in [0.25, 0.3) is 0 Å². The highest BCUT2D eigenvalue weighted by Crippen LogP contribution is 2.11. The van der Waals surface area contributed by atoms with E-state index in [4.69, 9.17) is 10.00 Å². The molecular weight excluding hydrogens is 226 g/mol. The van der Waals surface area contributed by atoms with E-state index in [9.17, 15) is 0 Å². The van der Waals surface area contributed by atoms with Crippen LogP contribution in [0, 0.1) is 11.3 Å². The Hall–Kier alpha value is -1.57. The van der Waals surface area contributed by atoms with Crippen molar-refractivity contribution in [3.8, 4) is 11.8 Å². The first-order valence-corrected chi connectivity index (χ1v) is 6.44. The van der Waals surface area contributed by atoms with Crippen LogP contribution in [0.5, 0.6) is 5.75 Å².